The van der Waals surface area contributed by atoms with Gasteiger partial charge in [-0.25, -0.2) is 0 Å². The summed E-state index contributed by atoms with van der Waals surface area (Å²) >= 11 is 0. The molecule has 1 aromatic carbocycles. The van der Waals surface area contributed by atoms with Gasteiger partial charge in [-0.05, 0) is 20.8 Å². The van der Waals surface area contributed by atoms with Gasteiger partial charge in [0.1, 0.15) is 0 Å². The Labute approximate surface area is 83.5 Å². The van der Waals surface area contributed by atoms with Crippen molar-refractivity contribution in [2.45, 2.75) is 32.3 Å². The number of benzene rings is 1. The van der Waals surface area contributed by atoms with E-state index in [4.69, 9.17) is 14.5 Å². The molecular formula is C11H14O3. The Morgan fingerprint density at radius 3 is 2.07 bits per heavy atom. The molecule has 0 N–H and O–H groups in total. The summed E-state index contributed by atoms with van der Waals surface area (Å²) in [7, 11) is 0. The average molecular weight is 194 g/mol. The van der Waals surface area contributed by atoms with E-state index in [9.17, 15) is 0 Å². The van der Waals surface area contributed by atoms with Gasteiger partial charge in [0.2, 0.25) is 0 Å². The molecule has 1 aliphatic heterocycles. The summed E-state index contributed by atoms with van der Waals surface area (Å²) < 4.78 is 5.68. The van der Waals surface area contributed by atoms with Crippen molar-refractivity contribution in [1.82, 2.24) is 0 Å². The van der Waals surface area contributed by atoms with Crippen LogP contribution in [0.25, 0.3) is 0 Å². The fourth-order valence-corrected chi connectivity index (χ4v) is 1.27. The van der Waals surface area contributed by atoms with Gasteiger partial charge in [0.05, 0.1) is 5.60 Å². The van der Waals surface area contributed by atoms with Crippen LogP contribution in [0.5, 0.6) is 0 Å². The standard InChI is InChI=1S/C11H14O3/c1-10(2,3)12-11(13-14-11)9-7-5-4-6-8-9/h4-8H,1-3H3. The van der Waals surface area contributed by atoms with Crippen LogP contribution < -0.4 is 0 Å². The first-order valence-corrected chi connectivity index (χ1v) is 4.64. The predicted octanol–water partition coefficient (Wildman–Crippen LogP) is 2.57. The summed E-state index contributed by atoms with van der Waals surface area (Å²) in [6, 6.07) is 9.62. The first kappa shape index (κ1) is 9.65. The minimum atomic E-state index is -0.973. The van der Waals surface area contributed by atoms with Crippen LogP contribution in [0.15, 0.2) is 30.3 Å². The second kappa shape index (κ2) is 3.05. The van der Waals surface area contributed by atoms with E-state index in [1.807, 2.05) is 51.1 Å². The van der Waals surface area contributed by atoms with Gasteiger partial charge < -0.3 is 4.74 Å². The second-order valence-corrected chi connectivity index (χ2v) is 4.30. The average Bonchev–Trinajstić information content (AvgIpc) is 2.85. The topological polar surface area (TPSA) is 34.3 Å². The van der Waals surface area contributed by atoms with Crippen LogP contribution in [0, 0.1) is 0 Å². The summed E-state index contributed by atoms with van der Waals surface area (Å²) in [6.07, 6.45) is 0. The van der Waals surface area contributed by atoms with Gasteiger partial charge in [-0.1, -0.05) is 30.3 Å². The highest BCUT2D eigenvalue weighted by atomic mass is 17.5. The third kappa shape index (κ3) is 1.95. The first-order valence-electron chi connectivity index (χ1n) is 4.64. The Balaban J connectivity index is 2.18. The van der Waals surface area contributed by atoms with Crippen molar-refractivity contribution in [2.24, 2.45) is 0 Å². The van der Waals surface area contributed by atoms with Gasteiger partial charge in [-0.3, -0.25) is 0 Å². The molecule has 1 fully saturated rings. The summed E-state index contributed by atoms with van der Waals surface area (Å²) in [6.45, 7) is 5.88. The van der Waals surface area contributed by atoms with Crippen LogP contribution in [0.2, 0.25) is 0 Å². The molecule has 76 valence electrons. The molecular weight excluding hydrogens is 180 g/mol. The highest BCUT2D eigenvalue weighted by molar-refractivity contribution is 5.19. The lowest BCUT2D eigenvalue weighted by Gasteiger charge is -2.21. The van der Waals surface area contributed by atoms with Crippen LogP contribution >= 0.6 is 0 Å². The molecule has 1 saturated heterocycles. The Kier molecular flexibility index (Phi) is 2.10. The maximum Gasteiger partial charge on any atom is 0.367 e. The molecule has 0 saturated carbocycles. The van der Waals surface area contributed by atoms with Crippen molar-refractivity contribution in [2.75, 3.05) is 0 Å². The van der Waals surface area contributed by atoms with Gasteiger partial charge in [-0.2, -0.15) is 9.78 Å². The highest BCUT2D eigenvalue weighted by Gasteiger charge is 2.55. The van der Waals surface area contributed by atoms with E-state index in [2.05, 4.69) is 0 Å². The lowest BCUT2D eigenvalue weighted by Crippen LogP contribution is -2.28. The molecule has 0 aliphatic carbocycles. The molecule has 0 atom stereocenters. The largest absolute Gasteiger partial charge is 0.367 e. The zero-order valence-electron chi connectivity index (χ0n) is 8.61. The van der Waals surface area contributed by atoms with Crippen LogP contribution in [-0.4, -0.2) is 5.60 Å². The minimum absolute atomic E-state index is 0.299. The maximum absolute atomic E-state index is 5.68. The van der Waals surface area contributed by atoms with Crippen molar-refractivity contribution >= 4 is 0 Å². The molecule has 0 amide bonds. The summed E-state index contributed by atoms with van der Waals surface area (Å²) in [5.74, 6) is -0.973. The molecule has 1 aromatic rings. The van der Waals surface area contributed by atoms with Crippen molar-refractivity contribution in [3.8, 4) is 0 Å². The second-order valence-electron chi connectivity index (χ2n) is 4.30. The molecule has 14 heavy (non-hydrogen) atoms. The highest BCUT2D eigenvalue weighted by Crippen LogP contribution is 2.44. The summed E-state index contributed by atoms with van der Waals surface area (Å²) in [5.41, 5.74) is 0.585. The first-order chi connectivity index (χ1) is 6.52. The Bertz CT molecular complexity index is 309. The quantitative estimate of drug-likeness (QED) is 0.536. The van der Waals surface area contributed by atoms with Crippen molar-refractivity contribution < 1.29 is 14.5 Å². The fourth-order valence-electron chi connectivity index (χ4n) is 1.27. The predicted molar refractivity (Wildman–Crippen MR) is 51.1 cm³/mol. The Hall–Kier alpha value is -0.900. The van der Waals surface area contributed by atoms with Crippen molar-refractivity contribution in [1.29, 1.82) is 0 Å². The number of hydrogen-bond donors (Lipinski definition) is 0. The van der Waals surface area contributed by atoms with E-state index in [1.165, 1.54) is 0 Å². The van der Waals surface area contributed by atoms with E-state index in [0.717, 1.165) is 5.56 Å². The summed E-state index contributed by atoms with van der Waals surface area (Å²) in [4.78, 5) is 9.87. The third-order valence-electron chi connectivity index (χ3n) is 1.80. The third-order valence-corrected chi connectivity index (χ3v) is 1.80. The molecule has 0 radical (unpaired) electrons. The van der Waals surface area contributed by atoms with Gasteiger partial charge in [0.25, 0.3) is 0 Å². The lowest BCUT2D eigenvalue weighted by atomic mass is 10.1. The van der Waals surface area contributed by atoms with Gasteiger partial charge in [0.15, 0.2) is 0 Å². The molecule has 1 aliphatic rings. The van der Waals surface area contributed by atoms with E-state index < -0.39 is 5.97 Å². The molecule has 3 nitrogen and oxygen atoms in total. The normalized spacial score (nSPS) is 19.4. The minimum Gasteiger partial charge on any atom is -0.314 e. The lowest BCUT2D eigenvalue weighted by molar-refractivity contribution is -0.145. The van der Waals surface area contributed by atoms with Crippen LogP contribution in [0.1, 0.15) is 26.3 Å². The maximum atomic E-state index is 5.68. The monoisotopic (exact) mass is 194 g/mol. The zero-order valence-corrected chi connectivity index (χ0v) is 8.61. The molecule has 1 heterocycles. The smallest absolute Gasteiger partial charge is 0.314 e. The molecule has 0 spiro atoms. The molecule has 0 aromatic heterocycles. The summed E-state index contributed by atoms with van der Waals surface area (Å²) in [5, 5.41) is 0. The van der Waals surface area contributed by atoms with Crippen molar-refractivity contribution in [3.05, 3.63) is 35.9 Å². The van der Waals surface area contributed by atoms with Crippen LogP contribution in [0.4, 0.5) is 0 Å². The SMILES string of the molecule is CC(C)(C)OC1(c2ccccc2)OO1. The zero-order chi connectivity index (χ0) is 10.2. The molecule has 0 bridgehead atoms. The molecule has 2 rings (SSSR count). The Morgan fingerprint density at radius 1 is 1.07 bits per heavy atom. The number of hydrogen-bond acceptors (Lipinski definition) is 3. The number of ether oxygens (including phenoxy) is 1. The van der Waals surface area contributed by atoms with E-state index in [1.54, 1.807) is 0 Å². The van der Waals surface area contributed by atoms with Gasteiger partial charge in [-0.15, -0.1) is 0 Å². The van der Waals surface area contributed by atoms with E-state index >= 15 is 0 Å². The van der Waals surface area contributed by atoms with E-state index in [0.29, 0.717) is 0 Å². The van der Waals surface area contributed by atoms with Crippen LogP contribution in [0.3, 0.4) is 0 Å². The van der Waals surface area contributed by atoms with E-state index in [-0.39, 0.29) is 5.60 Å². The fraction of sp³-hybridized carbons (Fsp3) is 0.455. The van der Waals surface area contributed by atoms with Crippen molar-refractivity contribution in [3.63, 3.8) is 0 Å². The molecule has 3 heteroatoms. The van der Waals surface area contributed by atoms with Crippen LogP contribution in [-0.2, 0) is 20.5 Å². The number of rotatable bonds is 2. The van der Waals surface area contributed by atoms with Gasteiger partial charge >= 0.3 is 5.97 Å². The Morgan fingerprint density at radius 2 is 1.64 bits per heavy atom. The van der Waals surface area contributed by atoms with Gasteiger partial charge in [0, 0.05) is 5.56 Å². The molecule has 0 unspecified atom stereocenters.